The van der Waals surface area contributed by atoms with Crippen molar-refractivity contribution in [2.24, 2.45) is 0 Å². The molecule has 0 fully saturated rings. The van der Waals surface area contributed by atoms with E-state index in [1.165, 1.54) is 27.2 Å². The zero-order valence-electron chi connectivity index (χ0n) is 16.2. The molecule has 5 heteroatoms. The molecule has 1 aliphatic rings. The van der Waals surface area contributed by atoms with Crippen molar-refractivity contribution in [1.29, 1.82) is 0 Å². The van der Waals surface area contributed by atoms with Gasteiger partial charge in [0.15, 0.2) is 0 Å². The summed E-state index contributed by atoms with van der Waals surface area (Å²) in [5.74, 6) is 0.0160. The van der Waals surface area contributed by atoms with Crippen LogP contribution in [0.3, 0.4) is 0 Å². The molecule has 0 heterocycles. The lowest BCUT2D eigenvalue weighted by atomic mass is 9.98. The molecule has 0 aromatic heterocycles. The highest BCUT2D eigenvalue weighted by Crippen LogP contribution is 2.44. The van der Waals surface area contributed by atoms with Gasteiger partial charge in [0.2, 0.25) is 0 Å². The highest BCUT2D eigenvalue weighted by atomic mass is 127. The molecule has 3 aromatic carbocycles. The standard InChI is InChI=1S/C24H20INO3/c1-15-16(13-27)11-17(25)12-23(15)26(2)24(28)29-14-22-20-9-5-3-7-18(20)19-8-4-6-10-21(19)22/h3-13,22H,14H2,1-2H3. The zero-order chi connectivity index (χ0) is 20.5. The Morgan fingerprint density at radius 1 is 1.07 bits per heavy atom. The molecular weight excluding hydrogens is 477 g/mol. The van der Waals surface area contributed by atoms with Gasteiger partial charge < -0.3 is 4.74 Å². The molecule has 0 unspecified atom stereocenters. The van der Waals surface area contributed by atoms with Crippen LogP contribution < -0.4 is 4.90 Å². The molecule has 29 heavy (non-hydrogen) atoms. The molecule has 0 aliphatic heterocycles. The van der Waals surface area contributed by atoms with E-state index < -0.39 is 6.09 Å². The number of amides is 1. The third-order valence-electron chi connectivity index (χ3n) is 5.48. The fraction of sp³-hybridized carbons (Fsp3) is 0.167. The Labute approximate surface area is 183 Å². The van der Waals surface area contributed by atoms with E-state index >= 15 is 0 Å². The molecule has 0 spiro atoms. The van der Waals surface area contributed by atoms with Crippen LogP contribution in [0.1, 0.15) is 33.0 Å². The Kier molecular flexibility index (Phi) is 5.41. The summed E-state index contributed by atoms with van der Waals surface area (Å²) in [7, 11) is 1.67. The van der Waals surface area contributed by atoms with Gasteiger partial charge in [0.25, 0.3) is 0 Å². The maximum Gasteiger partial charge on any atom is 0.414 e. The quantitative estimate of drug-likeness (QED) is 0.338. The van der Waals surface area contributed by atoms with Crippen LogP contribution in [0.15, 0.2) is 60.7 Å². The van der Waals surface area contributed by atoms with Crippen molar-refractivity contribution < 1.29 is 14.3 Å². The number of carbonyl (C=O) groups excluding carboxylic acids is 2. The van der Waals surface area contributed by atoms with Crippen LogP contribution in [0, 0.1) is 10.5 Å². The van der Waals surface area contributed by atoms with Gasteiger partial charge in [-0.3, -0.25) is 9.69 Å². The van der Waals surface area contributed by atoms with Crippen molar-refractivity contribution in [3.63, 3.8) is 0 Å². The average molecular weight is 497 g/mol. The average Bonchev–Trinajstić information content (AvgIpc) is 3.06. The van der Waals surface area contributed by atoms with Crippen molar-refractivity contribution in [2.45, 2.75) is 12.8 Å². The van der Waals surface area contributed by atoms with Crippen LogP contribution in [0.25, 0.3) is 11.1 Å². The summed E-state index contributed by atoms with van der Waals surface area (Å²) >= 11 is 2.14. The van der Waals surface area contributed by atoms with E-state index in [-0.39, 0.29) is 12.5 Å². The normalized spacial score (nSPS) is 12.2. The van der Waals surface area contributed by atoms with E-state index in [1.54, 1.807) is 13.1 Å². The van der Waals surface area contributed by atoms with Gasteiger partial charge >= 0.3 is 6.09 Å². The number of fused-ring (bicyclic) bond motifs is 3. The van der Waals surface area contributed by atoms with Gasteiger partial charge in [-0.05, 0) is 69.5 Å². The monoisotopic (exact) mass is 497 g/mol. The minimum absolute atomic E-state index is 0.0160. The number of nitrogens with zero attached hydrogens (tertiary/aromatic N) is 1. The van der Waals surface area contributed by atoms with Crippen molar-refractivity contribution in [3.05, 3.63) is 86.5 Å². The Balaban J connectivity index is 1.56. The lowest BCUT2D eigenvalue weighted by Gasteiger charge is -2.22. The molecule has 0 saturated carbocycles. The largest absolute Gasteiger partial charge is 0.448 e. The SMILES string of the molecule is Cc1c(C=O)cc(I)cc1N(C)C(=O)OCC1c2ccccc2-c2ccccc21. The second-order valence-electron chi connectivity index (χ2n) is 7.12. The third-order valence-corrected chi connectivity index (χ3v) is 6.11. The summed E-state index contributed by atoms with van der Waals surface area (Å²) in [4.78, 5) is 25.6. The van der Waals surface area contributed by atoms with Crippen LogP contribution in [0.5, 0.6) is 0 Å². The third kappa shape index (κ3) is 3.55. The predicted octanol–water partition coefficient (Wildman–Crippen LogP) is 5.80. The molecule has 0 radical (unpaired) electrons. The van der Waals surface area contributed by atoms with Crippen molar-refractivity contribution in [3.8, 4) is 11.1 Å². The molecule has 146 valence electrons. The van der Waals surface area contributed by atoms with E-state index in [0.29, 0.717) is 11.3 Å². The predicted molar refractivity (Wildman–Crippen MR) is 123 cm³/mol. The molecule has 1 aliphatic carbocycles. The first-order valence-electron chi connectivity index (χ1n) is 9.35. The van der Waals surface area contributed by atoms with Crippen LogP contribution in [-0.4, -0.2) is 26.0 Å². The number of benzene rings is 3. The number of rotatable bonds is 4. The van der Waals surface area contributed by atoms with Gasteiger partial charge in [-0.1, -0.05) is 48.5 Å². The van der Waals surface area contributed by atoms with Crippen LogP contribution in [-0.2, 0) is 4.74 Å². The van der Waals surface area contributed by atoms with E-state index in [1.807, 2.05) is 37.3 Å². The number of aldehydes is 1. The number of carbonyl (C=O) groups is 2. The second kappa shape index (κ2) is 7.99. The molecule has 0 atom stereocenters. The molecule has 0 N–H and O–H groups in total. The Morgan fingerprint density at radius 3 is 2.24 bits per heavy atom. The van der Waals surface area contributed by atoms with Gasteiger partial charge in [-0.15, -0.1) is 0 Å². The number of ether oxygens (including phenoxy) is 1. The van der Waals surface area contributed by atoms with Gasteiger partial charge in [0.1, 0.15) is 12.9 Å². The fourth-order valence-corrected chi connectivity index (χ4v) is 4.58. The molecule has 3 aromatic rings. The molecule has 0 saturated heterocycles. The summed E-state index contributed by atoms with van der Waals surface area (Å²) in [6.45, 7) is 2.10. The Morgan fingerprint density at radius 2 is 1.66 bits per heavy atom. The molecule has 1 amide bonds. The maximum atomic E-state index is 12.8. The van der Waals surface area contributed by atoms with Gasteiger partial charge in [-0.25, -0.2) is 4.79 Å². The molecule has 4 rings (SSSR count). The lowest BCUT2D eigenvalue weighted by molar-refractivity contribution is 0.112. The first-order valence-corrected chi connectivity index (χ1v) is 10.4. The number of hydrogen-bond donors (Lipinski definition) is 0. The molecule has 4 nitrogen and oxygen atoms in total. The summed E-state index contributed by atoms with van der Waals surface area (Å²) in [6, 6.07) is 20.2. The van der Waals surface area contributed by atoms with Crippen LogP contribution in [0.2, 0.25) is 0 Å². The summed E-state index contributed by atoms with van der Waals surface area (Å²) < 4.78 is 6.61. The van der Waals surface area contributed by atoms with E-state index in [2.05, 4.69) is 46.9 Å². The summed E-state index contributed by atoms with van der Waals surface area (Å²) in [5, 5.41) is 0. The number of halogens is 1. The van der Waals surface area contributed by atoms with Gasteiger partial charge in [-0.2, -0.15) is 0 Å². The highest BCUT2D eigenvalue weighted by molar-refractivity contribution is 14.1. The topological polar surface area (TPSA) is 46.6 Å². The Bertz CT molecular complexity index is 1060. The molecule has 0 bridgehead atoms. The lowest BCUT2D eigenvalue weighted by Crippen LogP contribution is -2.29. The minimum Gasteiger partial charge on any atom is -0.448 e. The number of anilines is 1. The fourth-order valence-electron chi connectivity index (χ4n) is 3.95. The van der Waals surface area contributed by atoms with E-state index in [9.17, 15) is 9.59 Å². The van der Waals surface area contributed by atoms with Crippen molar-refractivity contribution in [2.75, 3.05) is 18.6 Å². The zero-order valence-corrected chi connectivity index (χ0v) is 18.3. The van der Waals surface area contributed by atoms with E-state index in [0.717, 1.165) is 15.4 Å². The first-order chi connectivity index (χ1) is 14.0. The van der Waals surface area contributed by atoms with E-state index in [4.69, 9.17) is 4.74 Å². The summed E-state index contributed by atoms with van der Waals surface area (Å²) in [6.07, 6.45) is 0.376. The van der Waals surface area contributed by atoms with Crippen molar-refractivity contribution in [1.82, 2.24) is 0 Å². The smallest absolute Gasteiger partial charge is 0.414 e. The van der Waals surface area contributed by atoms with Crippen LogP contribution in [0.4, 0.5) is 10.5 Å². The number of hydrogen-bond acceptors (Lipinski definition) is 3. The van der Waals surface area contributed by atoms with Gasteiger partial charge in [0, 0.05) is 22.1 Å². The summed E-state index contributed by atoms with van der Waals surface area (Å²) in [5.41, 5.74) is 6.76. The molecular formula is C24H20INO3. The first kappa shape index (κ1) is 19.6. The van der Waals surface area contributed by atoms with Gasteiger partial charge in [0.05, 0.1) is 5.69 Å². The Hall–Kier alpha value is -2.67. The van der Waals surface area contributed by atoms with Crippen LogP contribution >= 0.6 is 22.6 Å². The second-order valence-corrected chi connectivity index (χ2v) is 8.37. The maximum absolute atomic E-state index is 12.8. The highest BCUT2D eigenvalue weighted by Gasteiger charge is 2.29. The minimum atomic E-state index is -0.436. The van der Waals surface area contributed by atoms with Crippen molar-refractivity contribution >= 4 is 40.7 Å².